The van der Waals surface area contributed by atoms with Crippen molar-refractivity contribution >= 4 is 23.4 Å². The molecule has 1 spiro atoms. The largest absolute Gasteiger partial charge is 0.501 e. The van der Waals surface area contributed by atoms with Crippen LogP contribution in [0.5, 0.6) is 5.75 Å². The van der Waals surface area contributed by atoms with E-state index < -0.39 is 11.6 Å². The third-order valence-corrected chi connectivity index (χ3v) is 3.56. The van der Waals surface area contributed by atoms with Crippen LogP contribution in [0.25, 0.3) is 6.08 Å². The summed E-state index contributed by atoms with van der Waals surface area (Å²) in [7, 11) is 1.36. The molecule has 1 aliphatic carbocycles. The van der Waals surface area contributed by atoms with Gasteiger partial charge in [0, 0.05) is 0 Å². The lowest BCUT2D eigenvalue weighted by Gasteiger charge is -2.24. The van der Waals surface area contributed by atoms with Crippen LogP contribution in [0.4, 0.5) is 5.69 Å². The lowest BCUT2D eigenvalue weighted by Crippen LogP contribution is -2.38. The van der Waals surface area contributed by atoms with Gasteiger partial charge in [-0.15, -0.1) is 0 Å². The number of nitrogens with zero attached hydrogens (tertiary/aromatic N) is 1. The van der Waals surface area contributed by atoms with Crippen LogP contribution in [0, 0.1) is 0 Å². The highest BCUT2D eigenvalue weighted by Crippen LogP contribution is 2.48. The summed E-state index contributed by atoms with van der Waals surface area (Å²) in [5, 5.41) is 0. The van der Waals surface area contributed by atoms with Gasteiger partial charge in [-0.1, -0.05) is 6.07 Å². The zero-order valence-electron chi connectivity index (χ0n) is 12.1. The summed E-state index contributed by atoms with van der Waals surface area (Å²) in [6.07, 6.45) is 5.08. The third-order valence-electron chi connectivity index (χ3n) is 3.56. The highest BCUT2D eigenvalue weighted by molar-refractivity contribution is 6.41. The molecule has 0 amide bonds. The Balaban J connectivity index is 1.93. The molecule has 0 unspecified atom stereocenters. The molecule has 0 bridgehead atoms. The Morgan fingerprint density at radius 2 is 2.29 bits per heavy atom. The standard InChI is InChI=1S/C16H17NO4/c1-3-20-9-6-11-4-5-13-12(10-11)17-14(15(18)19-2)16(21-13)7-8-16/h4-6,9-10H,3,7-8H2,1-2H3/b9-6-. The van der Waals surface area contributed by atoms with E-state index in [4.69, 9.17) is 14.2 Å². The van der Waals surface area contributed by atoms with Crippen molar-refractivity contribution in [3.8, 4) is 5.75 Å². The van der Waals surface area contributed by atoms with E-state index in [2.05, 4.69) is 4.99 Å². The molecule has 2 aliphatic rings. The molecule has 1 fully saturated rings. The molecule has 1 saturated carbocycles. The van der Waals surface area contributed by atoms with Crippen molar-refractivity contribution in [2.24, 2.45) is 4.99 Å². The average Bonchev–Trinajstić information content (AvgIpc) is 3.26. The molecular weight excluding hydrogens is 270 g/mol. The van der Waals surface area contributed by atoms with E-state index in [-0.39, 0.29) is 0 Å². The maximum atomic E-state index is 11.9. The third kappa shape index (κ3) is 2.51. The van der Waals surface area contributed by atoms with Crippen molar-refractivity contribution in [2.45, 2.75) is 25.4 Å². The molecule has 1 aliphatic heterocycles. The van der Waals surface area contributed by atoms with Crippen LogP contribution in [0.15, 0.2) is 29.5 Å². The Morgan fingerprint density at radius 1 is 1.48 bits per heavy atom. The number of benzene rings is 1. The lowest BCUT2D eigenvalue weighted by molar-refractivity contribution is -0.133. The van der Waals surface area contributed by atoms with Gasteiger partial charge in [0.05, 0.1) is 20.0 Å². The molecule has 110 valence electrons. The predicted octanol–water partition coefficient (Wildman–Crippen LogP) is 2.86. The Bertz CT molecular complexity index is 629. The van der Waals surface area contributed by atoms with Gasteiger partial charge in [0.1, 0.15) is 11.4 Å². The summed E-state index contributed by atoms with van der Waals surface area (Å²) < 4.78 is 15.9. The molecule has 5 nitrogen and oxygen atoms in total. The molecule has 1 heterocycles. The van der Waals surface area contributed by atoms with Crippen LogP contribution >= 0.6 is 0 Å². The number of rotatable bonds is 4. The zero-order valence-corrected chi connectivity index (χ0v) is 12.1. The van der Waals surface area contributed by atoms with Crippen molar-refractivity contribution in [1.82, 2.24) is 0 Å². The van der Waals surface area contributed by atoms with Gasteiger partial charge in [0.15, 0.2) is 11.3 Å². The van der Waals surface area contributed by atoms with Gasteiger partial charge in [0.25, 0.3) is 0 Å². The van der Waals surface area contributed by atoms with Gasteiger partial charge in [-0.3, -0.25) is 0 Å². The molecule has 5 heteroatoms. The van der Waals surface area contributed by atoms with E-state index in [0.717, 1.165) is 18.4 Å². The van der Waals surface area contributed by atoms with Crippen LogP contribution in [0.3, 0.4) is 0 Å². The normalized spacial score (nSPS) is 17.9. The number of methoxy groups -OCH3 is 1. The van der Waals surface area contributed by atoms with E-state index in [1.54, 1.807) is 6.26 Å². The van der Waals surface area contributed by atoms with Gasteiger partial charge in [-0.2, -0.15) is 0 Å². The highest BCUT2D eigenvalue weighted by atomic mass is 16.5. The number of hydrogen-bond acceptors (Lipinski definition) is 5. The quantitative estimate of drug-likeness (QED) is 0.631. The number of hydrogen-bond donors (Lipinski definition) is 0. The number of ether oxygens (including phenoxy) is 3. The maximum Gasteiger partial charge on any atom is 0.356 e. The molecular formula is C16H17NO4. The first kappa shape index (κ1) is 13.7. The van der Waals surface area contributed by atoms with Gasteiger partial charge in [0.2, 0.25) is 0 Å². The first-order chi connectivity index (χ1) is 10.2. The minimum atomic E-state index is -0.567. The Morgan fingerprint density at radius 3 is 2.95 bits per heavy atom. The summed E-state index contributed by atoms with van der Waals surface area (Å²) >= 11 is 0. The van der Waals surface area contributed by atoms with E-state index in [9.17, 15) is 4.79 Å². The van der Waals surface area contributed by atoms with Crippen LogP contribution < -0.4 is 4.74 Å². The summed E-state index contributed by atoms with van der Waals surface area (Å²) in [4.78, 5) is 16.3. The fourth-order valence-electron chi connectivity index (χ4n) is 2.30. The van der Waals surface area contributed by atoms with Gasteiger partial charge < -0.3 is 14.2 Å². The Hall–Kier alpha value is -2.30. The zero-order chi connectivity index (χ0) is 14.9. The van der Waals surface area contributed by atoms with Crippen LogP contribution in [-0.4, -0.2) is 31.0 Å². The van der Waals surface area contributed by atoms with Crippen molar-refractivity contribution in [1.29, 1.82) is 0 Å². The molecule has 0 radical (unpaired) electrons. The number of carbonyl (C=O) groups is 1. The molecule has 0 saturated heterocycles. The molecule has 3 rings (SSSR count). The summed E-state index contributed by atoms with van der Waals surface area (Å²) in [5.41, 5.74) is 1.38. The minimum Gasteiger partial charge on any atom is -0.501 e. The summed E-state index contributed by atoms with van der Waals surface area (Å²) in [6, 6.07) is 5.67. The summed E-state index contributed by atoms with van der Waals surface area (Å²) in [5.74, 6) is 0.280. The van der Waals surface area contributed by atoms with Crippen LogP contribution in [0.1, 0.15) is 25.3 Å². The second-order valence-corrected chi connectivity index (χ2v) is 5.03. The number of esters is 1. The molecule has 1 aromatic rings. The first-order valence-electron chi connectivity index (χ1n) is 6.97. The monoisotopic (exact) mass is 287 g/mol. The van der Waals surface area contributed by atoms with Crippen LogP contribution in [0.2, 0.25) is 0 Å². The number of aliphatic imine (C=N–C) groups is 1. The second-order valence-electron chi connectivity index (χ2n) is 5.03. The smallest absolute Gasteiger partial charge is 0.356 e. The van der Waals surface area contributed by atoms with E-state index in [0.29, 0.717) is 23.8 Å². The topological polar surface area (TPSA) is 57.1 Å². The van der Waals surface area contributed by atoms with Crippen molar-refractivity contribution in [2.75, 3.05) is 13.7 Å². The first-order valence-corrected chi connectivity index (χ1v) is 6.97. The Labute approximate surface area is 123 Å². The fourth-order valence-corrected chi connectivity index (χ4v) is 2.30. The van der Waals surface area contributed by atoms with Gasteiger partial charge >= 0.3 is 5.97 Å². The van der Waals surface area contributed by atoms with Crippen molar-refractivity contribution in [3.63, 3.8) is 0 Å². The maximum absolute atomic E-state index is 11.9. The van der Waals surface area contributed by atoms with E-state index in [1.807, 2.05) is 31.2 Å². The van der Waals surface area contributed by atoms with E-state index in [1.165, 1.54) is 7.11 Å². The highest BCUT2D eigenvalue weighted by Gasteiger charge is 2.55. The predicted molar refractivity (Wildman–Crippen MR) is 78.8 cm³/mol. The van der Waals surface area contributed by atoms with E-state index >= 15 is 0 Å². The molecule has 0 aromatic heterocycles. The van der Waals surface area contributed by atoms with Crippen molar-refractivity contribution < 1.29 is 19.0 Å². The number of fused-ring (bicyclic) bond motifs is 1. The summed E-state index contributed by atoms with van der Waals surface area (Å²) in [6.45, 7) is 2.55. The molecule has 0 atom stereocenters. The number of carbonyl (C=O) groups excluding carboxylic acids is 1. The Kier molecular flexibility index (Phi) is 3.41. The van der Waals surface area contributed by atoms with Crippen molar-refractivity contribution in [3.05, 3.63) is 30.0 Å². The molecule has 0 N–H and O–H groups in total. The van der Waals surface area contributed by atoms with Gasteiger partial charge in [-0.05, 0) is 43.5 Å². The molecule has 1 aromatic carbocycles. The molecule has 21 heavy (non-hydrogen) atoms. The average molecular weight is 287 g/mol. The SMILES string of the molecule is CCO/C=C\c1ccc2c(c1)N=C(C(=O)OC)C1(CC1)O2. The fraction of sp³-hybridized carbons (Fsp3) is 0.375. The van der Waals surface area contributed by atoms with Gasteiger partial charge in [-0.25, -0.2) is 9.79 Å². The van der Waals surface area contributed by atoms with Crippen LogP contribution in [-0.2, 0) is 14.3 Å². The second kappa shape index (κ2) is 5.24. The lowest BCUT2D eigenvalue weighted by atomic mass is 10.1. The minimum absolute atomic E-state index is 0.364.